The minimum Gasteiger partial charge on any atom is -0.313 e. The van der Waals surface area contributed by atoms with Crippen LogP contribution in [-0.2, 0) is 6.54 Å². The van der Waals surface area contributed by atoms with Gasteiger partial charge in [-0.25, -0.2) is 4.98 Å². The van der Waals surface area contributed by atoms with Crippen LogP contribution in [0.2, 0.25) is 5.02 Å². The van der Waals surface area contributed by atoms with E-state index in [1.54, 1.807) is 11.8 Å². The lowest BCUT2D eigenvalue weighted by atomic mass is 10.2. The van der Waals surface area contributed by atoms with Crippen LogP contribution in [0, 0.1) is 0 Å². The molecule has 1 aromatic carbocycles. The van der Waals surface area contributed by atoms with Crippen molar-refractivity contribution in [1.29, 1.82) is 0 Å². The summed E-state index contributed by atoms with van der Waals surface area (Å²) in [6.07, 6.45) is 2.93. The second kappa shape index (κ2) is 7.53. The molecule has 2 rings (SSSR count). The van der Waals surface area contributed by atoms with Gasteiger partial charge in [0, 0.05) is 22.7 Å². The molecule has 0 aliphatic rings. The Morgan fingerprint density at radius 3 is 2.84 bits per heavy atom. The first kappa shape index (κ1) is 14.4. The smallest absolute Gasteiger partial charge is 0.101 e. The lowest BCUT2D eigenvalue weighted by Crippen LogP contribution is -2.14. The van der Waals surface area contributed by atoms with Crippen molar-refractivity contribution in [3.8, 4) is 0 Å². The van der Waals surface area contributed by atoms with Crippen molar-refractivity contribution in [1.82, 2.24) is 10.3 Å². The minimum atomic E-state index is 0.794. The average molecular weight is 293 g/mol. The number of nitrogens with one attached hydrogen (secondary N) is 1. The molecule has 100 valence electrons. The van der Waals surface area contributed by atoms with E-state index in [2.05, 4.69) is 23.3 Å². The van der Waals surface area contributed by atoms with Gasteiger partial charge < -0.3 is 5.32 Å². The zero-order valence-corrected chi connectivity index (χ0v) is 12.5. The molecule has 0 bridgehead atoms. The van der Waals surface area contributed by atoms with Crippen LogP contribution in [0.3, 0.4) is 0 Å². The molecule has 2 aromatic rings. The van der Waals surface area contributed by atoms with Gasteiger partial charge in [0.2, 0.25) is 0 Å². The Balaban J connectivity index is 2.17. The third-order valence-electron chi connectivity index (χ3n) is 2.66. The van der Waals surface area contributed by atoms with E-state index in [-0.39, 0.29) is 0 Å². The van der Waals surface area contributed by atoms with Crippen LogP contribution >= 0.6 is 23.4 Å². The Morgan fingerprint density at radius 2 is 2.11 bits per heavy atom. The molecule has 0 amide bonds. The molecule has 0 radical (unpaired) electrons. The number of benzene rings is 1. The van der Waals surface area contributed by atoms with Crippen molar-refractivity contribution < 1.29 is 0 Å². The van der Waals surface area contributed by atoms with E-state index in [4.69, 9.17) is 11.6 Å². The number of nitrogens with zero attached hydrogens (tertiary/aromatic N) is 1. The fraction of sp³-hybridized carbons (Fsp3) is 0.267. The van der Waals surface area contributed by atoms with Gasteiger partial charge in [0.05, 0.1) is 0 Å². The number of hydrogen-bond donors (Lipinski definition) is 1. The number of hydrogen-bond acceptors (Lipinski definition) is 3. The molecule has 1 aromatic heterocycles. The molecular formula is C15H17ClN2S. The fourth-order valence-electron chi connectivity index (χ4n) is 1.72. The summed E-state index contributed by atoms with van der Waals surface area (Å²) in [4.78, 5) is 5.50. The van der Waals surface area contributed by atoms with Crippen LogP contribution < -0.4 is 5.32 Å². The maximum Gasteiger partial charge on any atom is 0.101 e. The summed E-state index contributed by atoms with van der Waals surface area (Å²) in [5.41, 5.74) is 1.15. The first-order valence-electron chi connectivity index (χ1n) is 6.38. The number of halogens is 1. The highest BCUT2D eigenvalue weighted by atomic mass is 35.5. The van der Waals surface area contributed by atoms with Crippen LogP contribution in [-0.4, -0.2) is 11.5 Å². The molecule has 0 aliphatic heterocycles. The SMILES string of the molecule is CCCNCc1c(Cl)cccc1Sc1ccccn1. The van der Waals surface area contributed by atoms with Crippen molar-refractivity contribution in [2.75, 3.05) is 6.54 Å². The second-order valence-corrected chi connectivity index (χ2v) is 5.63. The van der Waals surface area contributed by atoms with Crippen molar-refractivity contribution in [2.24, 2.45) is 0 Å². The third-order valence-corrected chi connectivity index (χ3v) is 4.06. The second-order valence-electron chi connectivity index (χ2n) is 4.16. The van der Waals surface area contributed by atoms with E-state index in [1.807, 2.05) is 36.5 Å². The van der Waals surface area contributed by atoms with E-state index in [0.29, 0.717) is 0 Å². The minimum absolute atomic E-state index is 0.794. The Bertz CT molecular complexity index is 517. The molecule has 0 aliphatic carbocycles. The Hall–Kier alpha value is -1.03. The summed E-state index contributed by atoms with van der Waals surface area (Å²) in [7, 11) is 0. The molecule has 19 heavy (non-hydrogen) atoms. The lowest BCUT2D eigenvalue weighted by molar-refractivity contribution is 0.669. The van der Waals surface area contributed by atoms with E-state index >= 15 is 0 Å². The van der Waals surface area contributed by atoms with Gasteiger partial charge in [0.15, 0.2) is 0 Å². The molecule has 0 spiro atoms. The number of aromatic nitrogens is 1. The zero-order valence-electron chi connectivity index (χ0n) is 10.9. The van der Waals surface area contributed by atoms with Gasteiger partial charge in [-0.1, -0.05) is 42.4 Å². The first-order valence-corrected chi connectivity index (χ1v) is 7.57. The Morgan fingerprint density at radius 1 is 1.21 bits per heavy atom. The summed E-state index contributed by atoms with van der Waals surface area (Å²) >= 11 is 7.95. The van der Waals surface area contributed by atoms with Crippen molar-refractivity contribution in [3.05, 3.63) is 53.2 Å². The molecular weight excluding hydrogens is 276 g/mol. The maximum atomic E-state index is 6.30. The monoisotopic (exact) mass is 292 g/mol. The third kappa shape index (κ3) is 4.23. The summed E-state index contributed by atoms with van der Waals surface area (Å²) in [6.45, 7) is 3.95. The molecule has 0 fully saturated rings. The van der Waals surface area contributed by atoms with E-state index < -0.39 is 0 Å². The standard InChI is InChI=1S/C15H17ClN2S/c1-2-9-17-11-12-13(16)6-5-7-14(12)19-15-8-3-4-10-18-15/h3-8,10,17H,2,9,11H2,1H3. The Labute approximate surface area is 123 Å². The van der Waals surface area contributed by atoms with Gasteiger partial charge in [0.25, 0.3) is 0 Å². The number of rotatable bonds is 6. The predicted molar refractivity (Wildman–Crippen MR) is 81.8 cm³/mol. The van der Waals surface area contributed by atoms with Crippen LogP contribution in [0.1, 0.15) is 18.9 Å². The van der Waals surface area contributed by atoms with Gasteiger partial charge in [-0.05, 0) is 42.8 Å². The highest BCUT2D eigenvalue weighted by Gasteiger charge is 2.08. The van der Waals surface area contributed by atoms with E-state index in [9.17, 15) is 0 Å². The van der Waals surface area contributed by atoms with Gasteiger partial charge in [0.1, 0.15) is 5.03 Å². The lowest BCUT2D eigenvalue weighted by Gasteiger charge is -2.11. The molecule has 4 heteroatoms. The van der Waals surface area contributed by atoms with Gasteiger partial charge in [-0.3, -0.25) is 0 Å². The van der Waals surface area contributed by atoms with Crippen molar-refractivity contribution in [2.45, 2.75) is 29.8 Å². The van der Waals surface area contributed by atoms with Crippen LogP contribution in [0.25, 0.3) is 0 Å². The van der Waals surface area contributed by atoms with Gasteiger partial charge in [-0.15, -0.1) is 0 Å². The van der Waals surface area contributed by atoms with Gasteiger partial charge in [-0.2, -0.15) is 0 Å². The highest BCUT2D eigenvalue weighted by Crippen LogP contribution is 2.32. The fourth-order valence-corrected chi connectivity index (χ4v) is 2.95. The zero-order chi connectivity index (χ0) is 13.5. The van der Waals surface area contributed by atoms with Crippen LogP contribution in [0.15, 0.2) is 52.5 Å². The normalized spacial score (nSPS) is 10.6. The van der Waals surface area contributed by atoms with Crippen LogP contribution in [0.4, 0.5) is 0 Å². The summed E-state index contributed by atoms with van der Waals surface area (Å²) in [5, 5.41) is 5.20. The largest absolute Gasteiger partial charge is 0.313 e. The highest BCUT2D eigenvalue weighted by molar-refractivity contribution is 7.99. The average Bonchev–Trinajstić information content (AvgIpc) is 2.43. The summed E-state index contributed by atoms with van der Waals surface area (Å²) in [6, 6.07) is 11.9. The number of pyridine rings is 1. The van der Waals surface area contributed by atoms with E-state index in [1.165, 1.54) is 0 Å². The van der Waals surface area contributed by atoms with E-state index in [0.717, 1.165) is 40.0 Å². The maximum absolute atomic E-state index is 6.30. The summed E-state index contributed by atoms with van der Waals surface area (Å²) in [5.74, 6) is 0. The molecule has 0 atom stereocenters. The first-order chi connectivity index (χ1) is 9.31. The van der Waals surface area contributed by atoms with Crippen LogP contribution in [0.5, 0.6) is 0 Å². The molecule has 0 saturated carbocycles. The summed E-state index contributed by atoms with van der Waals surface area (Å²) < 4.78 is 0. The predicted octanol–water partition coefficient (Wildman–Crippen LogP) is 4.39. The Kier molecular flexibility index (Phi) is 5.70. The van der Waals surface area contributed by atoms with Crippen molar-refractivity contribution in [3.63, 3.8) is 0 Å². The molecule has 1 N–H and O–H groups in total. The topological polar surface area (TPSA) is 24.9 Å². The molecule has 0 saturated heterocycles. The quantitative estimate of drug-likeness (QED) is 0.800. The molecule has 0 unspecified atom stereocenters. The van der Waals surface area contributed by atoms with Crippen molar-refractivity contribution >= 4 is 23.4 Å². The molecule has 2 nitrogen and oxygen atoms in total. The molecule has 1 heterocycles. The van der Waals surface area contributed by atoms with Gasteiger partial charge >= 0.3 is 0 Å².